The Hall–Kier alpha value is -5.22. The highest BCUT2D eigenvalue weighted by Gasteiger charge is 2.26. The van der Waals surface area contributed by atoms with Gasteiger partial charge in [-0.25, -0.2) is 9.19 Å². The Balaban J connectivity index is 1.11. The molecule has 3 aromatic carbocycles. The molecule has 0 saturated carbocycles. The fraction of sp³-hybridized carbons (Fsp3) is 0.562. The van der Waals surface area contributed by atoms with Crippen molar-refractivity contribution in [3.05, 3.63) is 76.3 Å². The number of carbonyl (C=O) groups is 3. The van der Waals surface area contributed by atoms with Crippen LogP contribution in [0.1, 0.15) is 148 Å². The second kappa shape index (κ2) is 30.1. The maximum atomic E-state index is 12.7. The first kappa shape index (κ1) is 53.4. The van der Waals surface area contributed by atoms with Crippen LogP contribution in [-0.2, 0) is 44.0 Å². The van der Waals surface area contributed by atoms with E-state index in [2.05, 4.69) is 27.9 Å². The zero-order valence-corrected chi connectivity index (χ0v) is 39.4. The van der Waals surface area contributed by atoms with Gasteiger partial charge >= 0.3 is 25.4 Å². The molecule has 1 aromatic heterocycles. The lowest BCUT2D eigenvalue weighted by molar-refractivity contribution is -0.383. The number of hydrogen-bond donors (Lipinski definition) is 3. The molecule has 0 bridgehead atoms. The smallest absolute Gasteiger partial charge is 0.462 e. The summed E-state index contributed by atoms with van der Waals surface area (Å²) in [5.41, 5.74) is 3.98. The van der Waals surface area contributed by atoms with Gasteiger partial charge in [-0.05, 0) is 59.8 Å². The average molecular weight is 938 g/mol. The predicted octanol–water partition coefficient (Wildman–Crippen LogP) is 11.6. The largest absolute Gasteiger partial charge is 0.472 e. The summed E-state index contributed by atoms with van der Waals surface area (Å²) in [6.45, 7) is 3.23. The van der Waals surface area contributed by atoms with Crippen LogP contribution in [0.5, 0.6) is 0 Å². The zero-order valence-electron chi connectivity index (χ0n) is 38.5. The van der Waals surface area contributed by atoms with Crippen LogP contribution < -0.4 is 10.6 Å². The van der Waals surface area contributed by atoms with E-state index >= 15 is 0 Å². The molecule has 0 radical (unpaired) electrons. The average Bonchev–Trinajstić information content (AvgIpc) is 3.80. The number of ether oxygens (including phenoxy) is 2. The zero-order chi connectivity index (χ0) is 47.4. The summed E-state index contributed by atoms with van der Waals surface area (Å²) in [6, 6.07) is 18.2. The first-order chi connectivity index (χ1) is 32.0. The van der Waals surface area contributed by atoms with Crippen LogP contribution in [0.25, 0.3) is 22.2 Å². The second-order valence-electron chi connectivity index (χ2n) is 16.4. The third kappa shape index (κ3) is 20.1. The number of non-ortho nitro benzene ring substituents is 1. The van der Waals surface area contributed by atoms with Crippen molar-refractivity contribution < 1.29 is 51.9 Å². The molecule has 2 atom stereocenters. The molecule has 4 aromatic rings. The number of rotatable bonds is 35. The number of para-hydroxylation sites is 1. The van der Waals surface area contributed by atoms with E-state index in [9.17, 15) is 34.0 Å². The van der Waals surface area contributed by atoms with Crippen LogP contribution >= 0.6 is 7.82 Å². The van der Waals surface area contributed by atoms with E-state index in [1.54, 1.807) is 6.07 Å². The minimum atomic E-state index is -4.38. The number of aromatic nitrogens is 2. The minimum absolute atomic E-state index is 0.0357. The van der Waals surface area contributed by atoms with Crippen molar-refractivity contribution >= 4 is 53.8 Å². The van der Waals surface area contributed by atoms with Crippen LogP contribution in [0.2, 0.25) is 0 Å². The summed E-state index contributed by atoms with van der Waals surface area (Å²) in [4.78, 5) is 58.6. The van der Waals surface area contributed by atoms with Gasteiger partial charge in [0.1, 0.15) is 6.61 Å². The number of nitrogens with zero attached hydrogens (tertiary/aromatic N) is 3. The molecular formula is C48H68N5O12P. The van der Waals surface area contributed by atoms with Crippen molar-refractivity contribution in [1.29, 1.82) is 0 Å². The fourth-order valence-electron chi connectivity index (χ4n) is 7.37. The third-order valence-corrected chi connectivity index (χ3v) is 12.1. The van der Waals surface area contributed by atoms with Crippen molar-refractivity contribution in [3.8, 4) is 11.1 Å². The summed E-state index contributed by atoms with van der Waals surface area (Å²) in [6.07, 6.45) is 17.9. The number of phosphoric ester groups is 1. The standard InChI is InChI=1S/C48H68N5O12P/c1-3-5-6-7-8-9-10-11-12-13-14-15-16-19-26-45(55)61-35-39(36-63-66(59,60)62-4-2)64-46(56)27-20-17-18-25-44(54)49-34-37-28-30-38(31-29-37)40-23-21-22-24-41(40)50-42-32-33-43(53(57)58)48-47(42)51-65-52-48/h21-24,28-33,39,50H,3-20,25-27,34-36H2,1-2H3,(H,49,54)(H,59,60)/t39-/m0/s1. The van der Waals surface area contributed by atoms with Crippen LogP contribution in [0, 0.1) is 10.1 Å². The molecule has 362 valence electrons. The summed E-state index contributed by atoms with van der Waals surface area (Å²) < 4.78 is 37.5. The summed E-state index contributed by atoms with van der Waals surface area (Å²) in [7, 11) is -4.38. The molecule has 66 heavy (non-hydrogen) atoms. The van der Waals surface area contributed by atoms with Crippen molar-refractivity contribution in [1.82, 2.24) is 15.6 Å². The van der Waals surface area contributed by atoms with Crippen LogP contribution in [-0.4, -0.2) is 63.9 Å². The van der Waals surface area contributed by atoms with Gasteiger partial charge in [-0.3, -0.25) is 33.5 Å². The normalized spacial score (nSPS) is 12.7. The Kier molecular flexibility index (Phi) is 24.4. The fourth-order valence-corrected chi connectivity index (χ4v) is 8.13. The van der Waals surface area contributed by atoms with E-state index in [0.717, 1.165) is 41.6 Å². The van der Waals surface area contributed by atoms with Crippen molar-refractivity contribution in [3.63, 3.8) is 0 Å². The number of unbranched alkanes of at least 4 members (excludes halogenated alkanes) is 15. The van der Waals surface area contributed by atoms with Crippen LogP contribution in [0.15, 0.2) is 65.3 Å². The molecule has 0 aliphatic rings. The third-order valence-electron chi connectivity index (χ3n) is 11.0. The van der Waals surface area contributed by atoms with Crippen molar-refractivity contribution in [2.24, 2.45) is 0 Å². The first-order valence-electron chi connectivity index (χ1n) is 23.6. The predicted molar refractivity (Wildman–Crippen MR) is 252 cm³/mol. The van der Waals surface area contributed by atoms with Gasteiger partial charge < -0.3 is 25.0 Å². The van der Waals surface area contributed by atoms with Gasteiger partial charge in [0.25, 0.3) is 0 Å². The van der Waals surface area contributed by atoms with Gasteiger partial charge in [0.2, 0.25) is 11.4 Å². The molecule has 0 fully saturated rings. The van der Waals surface area contributed by atoms with E-state index in [0.29, 0.717) is 37.9 Å². The molecule has 4 rings (SSSR count). The van der Waals surface area contributed by atoms with E-state index in [1.165, 1.54) is 77.2 Å². The van der Waals surface area contributed by atoms with Gasteiger partial charge in [-0.1, -0.05) is 139 Å². The molecule has 17 nitrogen and oxygen atoms in total. The van der Waals surface area contributed by atoms with E-state index < -0.39 is 37.4 Å². The number of amides is 1. The van der Waals surface area contributed by atoms with Crippen molar-refractivity contribution in [2.75, 3.05) is 25.1 Å². The Morgan fingerprint density at radius 1 is 0.712 bits per heavy atom. The SMILES string of the molecule is CCCCCCCCCCCCCCCCC(=O)OC[C@@H](COP(=O)(O)OCC)OC(=O)CCCCCC(=O)NCc1ccc(-c2ccccc2Nc2ccc([N+](=O)[O-])c3nonc23)cc1. The highest BCUT2D eigenvalue weighted by atomic mass is 31.2. The van der Waals surface area contributed by atoms with Crippen LogP contribution in [0.4, 0.5) is 17.1 Å². The number of nitro benzene ring substituents is 1. The first-order valence-corrected chi connectivity index (χ1v) is 25.1. The van der Waals surface area contributed by atoms with E-state index in [4.69, 9.17) is 23.2 Å². The quantitative estimate of drug-likeness (QED) is 0.0128. The second-order valence-corrected chi connectivity index (χ2v) is 17.8. The van der Waals surface area contributed by atoms with E-state index in [1.807, 2.05) is 48.5 Å². The molecule has 1 heterocycles. The highest BCUT2D eigenvalue weighted by molar-refractivity contribution is 7.47. The lowest BCUT2D eigenvalue weighted by Crippen LogP contribution is -2.29. The Labute approximate surface area is 387 Å². The number of nitro groups is 1. The van der Waals surface area contributed by atoms with Gasteiger partial charge in [0.05, 0.1) is 23.8 Å². The molecule has 1 unspecified atom stereocenters. The molecule has 1 amide bonds. The van der Waals surface area contributed by atoms with Crippen molar-refractivity contribution in [2.45, 2.75) is 155 Å². The lowest BCUT2D eigenvalue weighted by Gasteiger charge is -2.19. The Bertz CT molecular complexity index is 2130. The van der Waals surface area contributed by atoms with Gasteiger partial charge in [0.15, 0.2) is 11.6 Å². The summed E-state index contributed by atoms with van der Waals surface area (Å²) >= 11 is 0. The number of phosphoric acid groups is 1. The molecule has 3 N–H and O–H groups in total. The molecule has 18 heteroatoms. The van der Waals surface area contributed by atoms with Crippen LogP contribution in [0.3, 0.4) is 0 Å². The topological polar surface area (TPSA) is 232 Å². The molecule has 0 aliphatic heterocycles. The number of anilines is 2. The monoisotopic (exact) mass is 937 g/mol. The number of esters is 2. The number of carbonyl (C=O) groups excluding carboxylic acids is 3. The van der Waals surface area contributed by atoms with Gasteiger partial charge in [-0.15, -0.1) is 0 Å². The summed E-state index contributed by atoms with van der Waals surface area (Å²) in [5.74, 6) is -1.16. The molecular weight excluding hydrogens is 870 g/mol. The summed E-state index contributed by atoms with van der Waals surface area (Å²) in [5, 5.41) is 25.2. The van der Waals surface area contributed by atoms with Gasteiger partial charge in [0, 0.05) is 43.1 Å². The maximum Gasteiger partial charge on any atom is 0.472 e. The molecule has 0 aliphatic carbocycles. The minimum Gasteiger partial charge on any atom is -0.462 e. The number of hydrogen-bond acceptors (Lipinski definition) is 14. The number of fused-ring (bicyclic) bond motifs is 1. The lowest BCUT2D eigenvalue weighted by atomic mass is 10.0. The Morgan fingerprint density at radius 2 is 1.30 bits per heavy atom. The van der Waals surface area contributed by atoms with E-state index in [-0.39, 0.29) is 55.1 Å². The maximum absolute atomic E-state index is 12.7. The highest BCUT2D eigenvalue weighted by Crippen LogP contribution is 2.43. The Morgan fingerprint density at radius 3 is 1.95 bits per heavy atom. The number of nitrogens with one attached hydrogen (secondary N) is 2. The van der Waals surface area contributed by atoms with Gasteiger partial charge in [-0.2, -0.15) is 0 Å². The molecule has 0 spiro atoms. The molecule has 0 saturated heterocycles. The number of benzene rings is 3.